The van der Waals surface area contributed by atoms with Gasteiger partial charge in [0.1, 0.15) is 18.4 Å². The highest BCUT2D eigenvalue weighted by atomic mass is 79.9. The fourth-order valence-corrected chi connectivity index (χ4v) is 2.80. The standard InChI is InChI=1S/C13H15BrClN3O/c14-12-7-10(15)1-2-13(12)19-6-5-18-4-3-17-9-11(18)8-16/h1-2,7,11,17H,3-6,9H2. The number of halogens is 2. The van der Waals surface area contributed by atoms with Crippen LogP contribution in [0.4, 0.5) is 0 Å². The van der Waals surface area contributed by atoms with E-state index in [0.29, 0.717) is 11.6 Å². The second-order valence-electron chi connectivity index (χ2n) is 4.31. The van der Waals surface area contributed by atoms with Gasteiger partial charge in [0.2, 0.25) is 0 Å². The number of nitriles is 1. The molecule has 1 atom stereocenters. The van der Waals surface area contributed by atoms with Gasteiger partial charge in [0.25, 0.3) is 0 Å². The molecule has 0 aromatic heterocycles. The fourth-order valence-electron chi connectivity index (χ4n) is 2.01. The lowest BCUT2D eigenvalue weighted by Crippen LogP contribution is -2.51. The maximum Gasteiger partial charge on any atom is 0.133 e. The number of benzene rings is 1. The van der Waals surface area contributed by atoms with E-state index in [4.69, 9.17) is 21.6 Å². The molecular formula is C13H15BrClN3O. The molecule has 0 radical (unpaired) electrons. The van der Waals surface area contributed by atoms with Gasteiger partial charge in [0.15, 0.2) is 0 Å². The number of rotatable bonds is 4. The van der Waals surface area contributed by atoms with Gasteiger partial charge in [-0.1, -0.05) is 11.6 Å². The summed E-state index contributed by atoms with van der Waals surface area (Å²) >= 11 is 9.29. The van der Waals surface area contributed by atoms with Crippen molar-refractivity contribution >= 4 is 27.5 Å². The van der Waals surface area contributed by atoms with Crippen molar-refractivity contribution in [3.8, 4) is 11.8 Å². The molecule has 0 saturated carbocycles. The molecule has 1 N–H and O–H groups in total. The number of nitrogens with one attached hydrogen (secondary N) is 1. The first-order valence-corrected chi connectivity index (χ1v) is 7.30. The maximum atomic E-state index is 9.06. The van der Waals surface area contributed by atoms with Crippen LogP contribution < -0.4 is 10.1 Å². The molecule has 1 heterocycles. The van der Waals surface area contributed by atoms with Gasteiger partial charge in [0, 0.05) is 31.2 Å². The van der Waals surface area contributed by atoms with Gasteiger partial charge in [-0.25, -0.2) is 0 Å². The summed E-state index contributed by atoms with van der Waals surface area (Å²) in [6.45, 7) is 3.82. The predicted octanol–water partition coefficient (Wildman–Crippen LogP) is 2.28. The second-order valence-corrected chi connectivity index (χ2v) is 5.60. The van der Waals surface area contributed by atoms with E-state index >= 15 is 0 Å². The first-order chi connectivity index (χ1) is 9.20. The summed E-state index contributed by atoms with van der Waals surface area (Å²) in [5.41, 5.74) is 0. The molecule has 1 aliphatic rings. The van der Waals surface area contributed by atoms with Gasteiger partial charge >= 0.3 is 0 Å². The number of ether oxygens (including phenoxy) is 1. The lowest BCUT2D eigenvalue weighted by atomic mass is 10.2. The lowest BCUT2D eigenvalue weighted by Gasteiger charge is -2.31. The monoisotopic (exact) mass is 343 g/mol. The highest BCUT2D eigenvalue weighted by Gasteiger charge is 2.21. The third-order valence-electron chi connectivity index (χ3n) is 3.03. The van der Waals surface area contributed by atoms with E-state index in [-0.39, 0.29) is 6.04 Å². The molecule has 0 spiro atoms. The minimum atomic E-state index is -0.0639. The topological polar surface area (TPSA) is 48.3 Å². The molecule has 4 nitrogen and oxygen atoms in total. The normalized spacial score (nSPS) is 19.9. The zero-order chi connectivity index (χ0) is 13.7. The molecular weight excluding hydrogens is 330 g/mol. The molecule has 1 aromatic rings. The summed E-state index contributed by atoms with van der Waals surface area (Å²) in [7, 11) is 0. The summed E-state index contributed by atoms with van der Waals surface area (Å²) in [6, 6.07) is 7.68. The molecule has 6 heteroatoms. The van der Waals surface area contributed by atoms with Gasteiger partial charge in [-0.2, -0.15) is 5.26 Å². The molecule has 1 aliphatic heterocycles. The Morgan fingerprint density at radius 2 is 2.42 bits per heavy atom. The highest BCUT2D eigenvalue weighted by molar-refractivity contribution is 9.10. The first kappa shape index (κ1) is 14.6. The molecule has 1 unspecified atom stereocenters. The Kier molecular flexibility index (Phi) is 5.46. The minimum absolute atomic E-state index is 0.0639. The van der Waals surface area contributed by atoms with Crippen molar-refractivity contribution < 1.29 is 4.74 Å². The summed E-state index contributed by atoms with van der Waals surface area (Å²) in [6.07, 6.45) is 0. The number of hydrogen-bond acceptors (Lipinski definition) is 4. The molecule has 0 bridgehead atoms. The Bertz CT molecular complexity index is 477. The van der Waals surface area contributed by atoms with E-state index < -0.39 is 0 Å². The van der Waals surface area contributed by atoms with Crippen molar-refractivity contribution in [2.75, 3.05) is 32.8 Å². The minimum Gasteiger partial charge on any atom is -0.491 e. The van der Waals surface area contributed by atoms with E-state index in [1.807, 2.05) is 6.07 Å². The Balaban J connectivity index is 1.84. The zero-order valence-electron chi connectivity index (χ0n) is 10.4. The van der Waals surface area contributed by atoms with E-state index in [1.54, 1.807) is 12.1 Å². The van der Waals surface area contributed by atoms with Crippen LogP contribution in [-0.2, 0) is 0 Å². The molecule has 1 fully saturated rings. The Morgan fingerprint density at radius 1 is 1.58 bits per heavy atom. The van der Waals surface area contributed by atoms with E-state index in [9.17, 15) is 0 Å². The third kappa shape index (κ3) is 4.08. The maximum absolute atomic E-state index is 9.06. The van der Waals surface area contributed by atoms with Crippen LogP contribution in [-0.4, -0.2) is 43.7 Å². The fraction of sp³-hybridized carbons (Fsp3) is 0.462. The van der Waals surface area contributed by atoms with Crippen LogP contribution in [0.5, 0.6) is 5.75 Å². The average Bonchev–Trinajstić information content (AvgIpc) is 2.42. The van der Waals surface area contributed by atoms with Crippen molar-refractivity contribution in [1.82, 2.24) is 10.2 Å². The second kappa shape index (κ2) is 7.11. The zero-order valence-corrected chi connectivity index (χ0v) is 12.7. The van der Waals surface area contributed by atoms with Crippen LogP contribution in [0.3, 0.4) is 0 Å². The SMILES string of the molecule is N#CC1CNCCN1CCOc1ccc(Cl)cc1Br. The number of hydrogen-bond donors (Lipinski definition) is 1. The van der Waals surface area contributed by atoms with Crippen LogP contribution in [0, 0.1) is 11.3 Å². The molecule has 1 aromatic carbocycles. The molecule has 1 saturated heterocycles. The molecule has 0 amide bonds. The summed E-state index contributed by atoms with van der Waals surface area (Å²) in [5.74, 6) is 0.771. The number of nitrogens with zero attached hydrogens (tertiary/aromatic N) is 2. The van der Waals surface area contributed by atoms with Crippen molar-refractivity contribution in [1.29, 1.82) is 5.26 Å². The molecule has 0 aliphatic carbocycles. The van der Waals surface area contributed by atoms with Gasteiger partial charge < -0.3 is 10.1 Å². The van der Waals surface area contributed by atoms with Crippen molar-refractivity contribution in [2.45, 2.75) is 6.04 Å². The Labute approximate surface area is 126 Å². The van der Waals surface area contributed by atoms with Gasteiger partial charge in [-0.05, 0) is 34.1 Å². The van der Waals surface area contributed by atoms with Crippen LogP contribution in [0.1, 0.15) is 0 Å². The summed E-state index contributed by atoms with van der Waals surface area (Å²) < 4.78 is 6.55. The van der Waals surface area contributed by atoms with Crippen molar-refractivity contribution in [3.63, 3.8) is 0 Å². The molecule has 102 valence electrons. The summed E-state index contributed by atoms with van der Waals surface area (Å²) in [4.78, 5) is 2.14. The largest absolute Gasteiger partial charge is 0.491 e. The van der Waals surface area contributed by atoms with Crippen LogP contribution in [0.2, 0.25) is 5.02 Å². The van der Waals surface area contributed by atoms with Crippen molar-refractivity contribution in [2.24, 2.45) is 0 Å². The Morgan fingerprint density at radius 3 is 3.16 bits per heavy atom. The predicted molar refractivity (Wildman–Crippen MR) is 78.5 cm³/mol. The Hall–Kier alpha value is -0.800. The van der Waals surface area contributed by atoms with Gasteiger partial charge in [0.05, 0.1) is 10.5 Å². The third-order valence-corrected chi connectivity index (χ3v) is 3.89. The van der Waals surface area contributed by atoms with E-state index in [2.05, 4.69) is 32.2 Å². The summed E-state index contributed by atoms with van der Waals surface area (Å²) in [5, 5.41) is 12.9. The molecule has 19 heavy (non-hydrogen) atoms. The lowest BCUT2D eigenvalue weighted by molar-refractivity contribution is 0.161. The van der Waals surface area contributed by atoms with Crippen LogP contribution in [0.25, 0.3) is 0 Å². The average molecular weight is 345 g/mol. The van der Waals surface area contributed by atoms with Crippen LogP contribution >= 0.6 is 27.5 Å². The van der Waals surface area contributed by atoms with Gasteiger partial charge in [-0.15, -0.1) is 0 Å². The van der Waals surface area contributed by atoms with E-state index in [1.165, 1.54) is 0 Å². The first-order valence-electron chi connectivity index (χ1n) is 6.13. The van der Waals surface area contributed by atoms with Crippen molar-refractivity contribution in [3.05, 3.63) is 27.7 Å². The highest BCUT2D eigenvalue weighted by Crippen LogP contribution is 2.27. The van der Waals surface area contributed by atoms with E-state index in [0.717, 1.165) is 36.4 Å². The molecule has 2 rings (SSSR count). The quantitative estimate of drug-likeness (QED) is 0.910. The number of piperazine rings is 1. The van der Waals surface area contributed by atoms with Gasteiger partial charge in [-0.3, -0.25) is 4.90 Å². The van der Waals surface area contributed by atoms with Crippen LogP contribution in [0.15, 0.2) is 22.7 Å². The smallest absolute Gasteiger partial charge is 0.133 e.